The molecule has 2 unspecified atom stereocenters. The normalized spacial score (nSPS) is 26.1. The Hall–Kier alpha value is -1.98. The Labute approximate surface area is 158 Å². The lowest BCUT2D eigenvalue weighted by Crippen LogP contribution is -2.49. The lowest BCUT2D eigenvalue weighted by Gasteiger charge is -2.38. The van der Waals surface area contributed by atoms with Crippen molar-refractivity contribution >= 4 is 11.8 Å². The fourth-order valence-corrected chi connectivity index (χ4v) is 4.44. The van der Waals surface area contributed by atoms with Crippen molar-refractivity contribution in [1.29, 1.82) is 0 Å². The molecule has 0 aromatic heterocycles. The van der Waals surface area contributed by atoms with Crippen LogP contribution in [-0.4, -0.2) is 47.8 Å². The Bertz CT molecular complexity index is 735. The van der Waals surface area contributed by atoms with Crippen LogP contribution in [0.5, 0.6) is 0 Å². The van der Waals surface area contributed by atoms with E-state index < -0.39 is 11.6 Å². The summed E-state index contributed by atoms with van der Waals surface area (Å²) in [6, 6.07) is 4.03. The number of amides is 2. The maximum absolute atomic E-state index is 13.6. The molecule has 146 valence electrons. The van der Waals surface area contributed by atoms with Crippen LogP contribution >= 0.6 is 0 Å². The van der Waals surface area contributed by atoms with E-state index in [0.29, 0.717) is 19.6 Å². The van der Waals surface area contributed by atoms with E-state index in [0.717, 1.165) is 56.7 Å². The Kier molecular flexibility index (Phi) is 5.15. The molecule has 1 saturated carbocycles. The van der Waals surface area contributed by atoms with E-state index in [1.54, 1.807) is 6.07 Å². The molecule has 2 heterocycles. The third-order valence-electron chi connectivity index (χ3n) is 6.16. The van der Waals surface area contributed by atoms with Gasteiger partial charge in [-0.15, -0.1) is 0 Å². The third kappa shape index (κ3) is 3.99. The highest BCUT2D eigenvalue weighted by Gasteiger charge is 2.38. The number of nitrogens with zero attached hydrogens (tertiary/aromatic N) is 2. The fourth-order valence-electron chi connectivity index (χ4n) is 4.44. The minimum atomic E-state index is -0.842. The summed E-state index contributed by atoms with van der Waals surface area (Å²) in [4.78, 5) is 29.1. The van der Waals surface area contributed by atoms with E-state index in [-0.39, 0.29) is 29.6 Å². The molecular formula is C21H26F2N2O2. The van der Waals surface area contributed by atoms with Gasteiger partial charge in [0, 0.05) is 38.0 Å². The number of carbonyl (C=O) groups excluding carboxylic acids is 2. The summed E-state index contributed by atoms with van der Waals surface area (Å²) in [6.45, 7) is 2.53. The highest BCUT2D eigenvalue weighted by Crippen LogP contribution is 2.33. The molecule has 1 aliphatic carbocycles. The first kappa shape index (κ1) is 18.4. The van der Waals surface area contributed by atoms with Crippen LogP contribution < -0.4 is 0 Å². The van der Waals surface area contributed by atoms with Crippen molar-refractivity contribution in [3.05, 3.63) is 35.4 Å². The monoisotopic (exact) mass is 376 g/mol. The van der Waals surface area contributed by atoms with Gasteiger partial charge in [-0.25, -0.2) is 8.78 Å². The second kappa shape index (κ2) is 7.56. The standard InChI is InChI=1S/C21H26F2N2O2/c22-18-8-7-15(11-19(18)23)16-3-1-9-24(12-16)21(27)17-4-2-10-25(13-17)20(26)14-5-6-14/h7-8,11,14,16-17H,1-6,9-10,12-13H2. The molecular weight excluding hydrogens is 350 g/mol. The molecule has 2 atom stereocenters. The summed E-state index contributed by atoms with van der Waals surface area (Å²) in [5, 5.41) is 0. The number of hydrogen-bond donors (Lipinski definition) is 0. The predicted octanol–water partition coefficient (Wildman–Crippen LogP) is 3.32. The molecule has 0 radical (unpaired) electrons. The van der Waals surface area contributed by atoms with Crippen molar-refractivity contribution in [1.82, 2.24) is 9.80 Å². The van der Waals surface area contributed by atoms with Gasteiger partial charge in [0.2, 0.25) is 11.8 Å². The van der Waals surface area contributed by atoms with Gasteiger partial charge in [0.25, 0.3) is 0 Å². The maximum atomic E-state index is 13.6. The van der Waals surface area contributed by atoms with Gasteiger partial charge >= 0.3 is 0 Å². The van der Waals surface area contributed by atoms with Gasteiger partial charge in [0.05, 0.1) is 5.92 Å². The number of halogens is 2. The molecule has 6 heteroatoms. The number of carbonyl (C=O) groups is 2. The highest BCUT2D eigenvalue weighted by atomic mass is 19.2. The molecule has 1 aromatic carbocycles. The van der Waals surface area contributed by atoms with Crippen LogP contribution in [0.15, 0.2) is 18.2 Å². The molecule has 2 saturated heterocycles. The lowest BCUT2D eigenvalue weighted by atomic mass is 9.89. The molecule has 0 N–H and O–H groups in total. The Morgan fingerprint density at radius 1 is 0.815 bits per heavy atom. The van der Waals surface area contributed by atoms with Crippen molar-refractivity contribution in [3.8, 4) is 0 Å². The lowest BCUT2D eigenvalue weighted by molar-refractivity contribution is -0.142. The van der Waals surface area contributed by atoms with Crippen LogP contribution in [-0.2, 0) is 9.59 Å². The molecule has 0 spiro atoms. The van der Waals surface area contributed by atoms with Crippen molar-refractivity contribution in [2.45, 2.75) is 44.4 Å². The molecule has 0 bridgehead atoms. The molecule has 2 aliphatic heterocycles. The first-order valence-electron chi connectivity index (χ1n) is 10.1. The van der Waals surface area contributed by atoms with Crippen molar-refractivity contribution in [2.75, 3.05) is 26.2 Å². The van der Waals surface area contributed by atoms with Crippen molar-refractivity contribution < 1.29 is 18.4 Å². The topological polar surface area (TPSA) is 40.6 Å². The van der Waals surface area contributed by atoms with Gasteiger partial charge in [0.15, 0.2) is 11.6 Å². The summed E-state index contributed by atoms with van der Waals surface area (Å²) in [6.07, 6.45) is 5.37. The van der Waals surface area contributed by atoms with Crippen LogP contribution in [0, 0.1) is 23.5 Å². The van der Waals surface area contributed by atoms with Crippen LogP contribution in [0.1, 0.15) is 50.0 Å². The zero-order valence-corrected chi connectivity index (χ0v) is 15.5. The fraction of sp³-hybridized carbons (Fsp3) is 0.619. The van der Waals surface area contributed by atoms with Crippen LogP contribution in [0.2, 0.25) is 0 Å². The zero-order valence-electron chi connectivity index (χ0n) is 15.5. The molecule has 27 heavy (non-hydrogen) atoms. The maximum Gasteiger partial charge on any atom is 0.227 e. The van der Waals surface area contributed by atoms with Gasteiger partial charge in [-0.2, -0.15) is 0 Å². The summed E-state index contributed by atoms with van der Waals surface area (Å²) in [5.74, 6) is -1.27. The van der Waals surface area contributed by atoms with E-state index in [1.165, 1.54) is 6.07 Å². The van der Waals surface area contributed by atoms with E-state index >= 15 is 0 Å². The predicted molar refractivity (Wildman–Crippen MR) is 96.9 cm³/mol. The highest BCUT2D eigenvalue weighted by molar-refractivity contribution is 5.83. The van der Waals surface area contributed by atoms with Crippen LogP contribution in [0.3, 0.4) is 0 Å². The van der Waals surface area contributed by atoms with Crippen LogP contribution in [0.25, 0.3) is 0 Å². The summed E-state index contributed by atoms with van der Waals surface area (Å²) < 4.78 is 26.8. The number of rotatable bonds is 3. The molecule has 3 fully saturated rings. The van der Waals surface area contributed by atoms with Gasteiger partial charge in [-0.05, 0) is 56.2 Å². The van der Waals surface area contributed by atoms with E-state index in [2.05, 4.69) is 0 Å². The summed E-state index contributed by atoms with van der Waals surface area (Å²) >= 11 is 0. The summed E-state index contributed by atoms with van der Waals surface area (Å²) in [7, 11) is 0. The Morgan fingerprint density at radius 2 is 1.48 bits per heavy atom. The smallest absolute Gasteiger partial charge is 0.227 e. The van der Waals surface area contributed by atoms with Crippen molar-refractivity contribution in [2.24, 2.45) is 11.8 Å². The second-order valence-electron chi connectivity index (χ2n) is 8.19. The first-order chi connectivity index (χ1) is 13.0. The first-order valence-corrected chi connectivity index (χ1v) is 10.1. The molecule has 4 rings (SSSR count). The van der Waals surface area contributed by atoms with Gasteiger partial charge in [-0.1, -0.05) is 6.07 Å². The van der Waals surface area contributed by atoms with Gasteiger partial charge in [-0.3, -0.25) is 9.59 Å². The van der Waals surface area contributed by atoms with Gasteiger partial charge < -0.3 is 9.80 Å². The van der Waals surface area contributed by atoms with Gasteiger partial charge in [0.1, 0.15) is 0 Å². The largest absolute Gasteiger partial charge is 0.342 e. The second-order valence-corrected chi connectivity index (χ2v) is 8.19. The number of hydrogen-bond acceptors (Lipinski definition) is 2. The summed E-state index contributed by atoms with van der Waals surface area (Å²) in [5.41, 5.74) is 0.751. The molecule has 4 nitrogen and oxygen atoms in total. The van der Waals surface area contributed by atoms with E-state index in [4.69, 9.17) is 0 Å². The molecule has 3 aliphatic rings. The number of piperidine rings is 2. The molecule has 2 amide bonds. The quantitative estimate of drug-likeness (QED) is 0.812. The van der Waals surface area contributed by atoms with Crippen molar-refractivity contribution in [3.63, 3.8) is 0 Å². The molecule has 1 aromatic rings. The SMILES string of the molecule is O=C(C1CC1)N1CCCC(C(=O)N2CCCC(c3ccc(F)c(F)c3)C2)C1. The minimum absolute atomic E-state index is 0.0330. The van der Waals surface area contributed by atoms with E-state index in [9.17, 15) is 18.4 Å². The number of benzene rings is 1. The van der Waals surface area contributed by atoms with Crippen LogP contribution in [0.4, 0.5) is 8.78 Å². The third-order valence-corrected chi connectivity index (χ3v) is 6.16. The van der Waals surface area contributed by atoms with E-state index in [1.807, 2.05) is 9.80 Å². The zero-order chi connectivity index (χ0) is 19.0. The Morgan fingerprint density at radius 3 is 2.19 bits per heavy atom. The Balaban J connectivity index is 1.40. The average molecular weight is 376 g/mol. The minimum Gasteiger partial charge on any atom is -0.342 e. The number of likely N-dealkylation sites (tertiary alicyclic amines) is 2. The average Bonchev–Trinajstić information content (AvgIpc) is 3.54.